The number of hydrogen-bond donors (Lipinski definition) is 1. The molecule has 1 atom stereocenters. The van der Waals surface area contributed by atoms with Crippen molar-refractivity contribution >= 4 is 50.7 Å². The third-order valence-electron chi connectivity index (χ3n) is 7.55. The molecule has 230 valence electrons. The van der Waals surface area contributed by atoms with E-state index in [1.165, 1.54) is 18.1 Å². The highest BCUT2D eigenvalue weighted by Gasteiger charge is 2.34. The zero-order valence-electron chi connectivity index (χ0n) is 24.3. The summed E-state index contributed by atoms with van der Waals surface area (Å²) in [6.45, 7) is -0.530. The summed E-state index contributed by atoms with van der Waals surface area (Å²) >= 11 is 12.5. The number of rotatable bonds is 12. The van der Waals surface area contributed by atoms with Crippen LogP contribution in [0.5, 0.6) is 5.75 Å². The molecule has 1 N–H and O–H groups in total. The molecular weight excluding hydrogens is 609 g/mol. The zero-order valence-corrected chi connectivity index (χ0v) is 26.7. The number of sulfonamides is 1. The van der Waals surface area contributed by atoms with Gasteiger partial charge in [0.2, 0.25) is 21.8 Å². The van der Waals surface area contributed by atoms with E-state index in [0.717, 1.165) is 48.2 Å². The monoisotopic (exact) mass is 645 g/mol. The van der Waals surface area contributed by atoms with Crippen LogP contribution in [-0.2, 0) is 32.6 Å². The number of carbonyl (C=O) groups excluding carboxylic acids is 2. The van der Waals surface area contributed by atoms with Crippen molar-refractivity contribution in [2.75, 3.05) is 24.2 Å². The summed E-state index contributed by atoms with van der Waals surface area (Å²) in [4.78, 5) is 29.8. The maximum atomic E-state index is 14.3. The fraction of sp³-hybridized carbons (Fsp3) is 0.375. The maximum absolute atomic E-state index is 14.3. The topological polar surface area (TPSA) is 96.0 Å². The fourth-order valence-corrected chi connectivity index (χ4v) is 6.61. The first-order chi connectivity index (χ1) is 20.5. The van der Waals surface area contributed by atoms with Gasteiger partial charge in [0.25, 0.3) is 0 Å². The quantitative estimate of drug-likeness (QED) is 0.266. The largest absolute Gasteiger partial charge is 0.495 e. The standard InChI is InChI=1S/C32H37Cl2N3O5S/c1-42-30-17-16-26(34)20-28(30)37(43(2,40)41)22-31(38)36(21-24-12-9-13-25(33)18-24)29(19-23-10-5-3-6-11-23)32(39)35-27-14-7-4-8-15-27/h3,5-6,9-13,16-18,20,27,29H,4,7-8,14-15,19,21-22H2,1-2H3,(H,35,39). The van der Waals surface area contributed by atoms with Crippen LogP contribution in [0.2, 0.25) is 10.0 Å². The molecule has 0 saturated heterocycles. The van der Waals surface area contributed by atoms with Crippen molar-refractivity contribution in [2.45, 2.75) is 57.2 Å². The van der Waals surface area contributed by atoms with Gasteiger partial charge in [-0.1, -0.05) is 84.9 Å². The van der Waals surface area contributed by atoms with E-state index in [-0.39, 0.29) is 41.4 Å². The minimum Gasteiger partial charge on any atom is -0.495 e. The Morgan fingerprint density at radius 2 is 1.60 bits per heavy atom. The molecule has 8 nitrogen and oxygen atoms in total. The highest BCUT2D eigenvalue weighted by atomic mass is 35.5. The summed E-state index contributed by atoms with van der Waals surface area (Å²) in [5.74, 6) is -0.607. The lowest BCUT2D eigenvalue weighted by Crippen LogP contribution is -2.55. The fourth-order valence-electron chi connectivity index (χ4n) is 5.38. The summed E-state index contributed by atoms with van der Waals surface area (Å²) in [6, 6.07) is 20.2. The summed E-state index contributed by atoms with van der Waals surface area (Å²) in [5.41, 5.74) is 1.70. The minimum absolute atomic E-state index is 0.0193. The average molecular weight is 647 g/mol. The number of nitrogens with one attached hydrogen (secondary N) is 1. The van der Waals surface area contributed by atoms with Crippen molar-refractivity contribution in [3.8, 4) is 5.75 Å². The first-order valence-corrected chi connectivity index (χ1v) is 16.8. The molecule has 1 saturated carbocycles. The van der Waals surface area contributed by atoms with Crippen LogP contribution in [0.25, 0.3) is 0 Å². The van der Waals surface area contributed by atoms with E-state index in [4.69, 9.17) is 27.9 Å². The third kappa shape index (κ3) is 9.11. The lowest BCUT2D eigenvalue weighted by molar-refractivity contribution is -0.140. The number of halogens is 2. The Morgan fingerprint density at radius 1 is 0.930 bits per heavy atom. The Balaban J connectivity index is 1.75. The van der Waals surface area contributed by atoms with Crippen molar-refractivity contribution in [1.29, 1.82) is 0 Å². The molecular formula is C32H37Cl2N3O5S. The van der Waals surface area contributed by atoms with Gasteiger partial charge >= 0.3 is 0 Å². The van der Waals surface area contributed by atoms with Gasteiger partial charge in [-0.15, -0.1) is 0 Å². The number of nitrogens with zero attached hydrogens (tertiary/aromatic N) is 2. The van der Waals surface area contributed by atoms with Gasteiger partial charge in [0.1, 0.15) is 18.3 Å². The predicted octanol–water partition coefficient (Wildman–Crippen LogP) is 5.86. The Morgan fingerprint density at radius 3 is 2.26 bits per heavy atom. The van der Waals surface area contributed by atoms with Gasteiger partial charge < -0.3 is 15.0 Å². The van der Waals surface area contributed by atoms with E-state index in [0.29, 0.717) is 10.6 Å². The molecule has 1 aliphatic rings. The molecule has 0 spiro atoms. The van der Waals surface area contributed by atoms with Crippen molar-refractivity contribution in [2.24, 2.45) is 0 Å². The van der Waals surface area contributed by atoms with E-state index >= 15 is 0 Å². The van der Waals surface area contributed by atoms with Gasteiger partial charge in [-0.05, 0) is 54.3 Å². The SMILES string of the molecule is COc1ccc(Cl)cc1N(CC(=O)N(Cc1cccc(Cl)c1)C(Cc1ccccc1)C(=O)NC1CCCCC1)S(C)(=O)=O. The molecule has 1 unspecified atom stereocenters. The third-order valence-corrected chi connectivity index (χ3v) is 9.15. The summed E-state index contributed by atoms with van der Waals surface area (Å²) in [6.07, 6.45) is 6.21. The smallest absolute Gasteiger partial charge is 0.244 e. The molecule has 0 radical (unpaired) electrons. The summed E-state index contributed by atoms with van der Waals surface area (Å²) in [5, 5.41) is 3.95. The van der Waals surface area contributed by atoms with Crippen molar-refractivity contribution in [3.63, 3.8) is 0 Å². The van der Waals surface area contributed by atoms with Gasteiger partial charge in [-0.25, -0.2) is 8.42 Å². The highest BCUT2D eigenvalue weighted by Crippen LogP contribution is 2.33. The number of methoxy groups -OCH3 is 1. The van der Waals surface area contributed by atoms with Crippen LogP contribution in [0.3, 0.4) is 0 Å². The molecule has 4 rings (SSSR count). The van der Waals surface area contributed by atoms with Gasteiger partial charge in [0, 0.05) is 29.1 Å². The lowest BCUT2D eigenvalue weighted by atomic mass is 9.94. The van der Waals surface area contributed by atoms with Gasteiger partial charge in [0.05, 0.1) is 19.1 Å². The Hall–Kier alpha value is -3.27. The van der Waals surface area contributed by atoms with E-state index in [1.807, 2.05) is 36.4 Å². The molecule has 43 heavy (non-hydrogen) atoms. The number of hydrogen-bond acceptors (Lipinski definition) is 5. The first kappa shape index (κ1) is 32.6. The van der Waals surface area contributed by atoms with Gasteiger partial charge in [-0.3, -0.25) is 13.9 Å². The lowest BCUT2D eigenvalue weighted by Gasteiger charge is -2.35. The van der Waals surface area contributed by atoms with Crippen LogP contribution in [-0.4, -0.2) is 57.1 Å². The molecule has 1 fully saturated rings. The summed E-state index contributed by atoms with van der Waals surface area (Å²) in [7, 11) is -2.57. The molecule has 1 aliphatic carbocycles. The number of carbonyl (C=O) groups is 2. The molecule has 0 aromatic heterocycles. The zero-order chi connectivity index (χ0) is 31.0. The predicted molar refractivity (Wildman–Crippen MR) is 171 cm³/mol. The number of benzene rings is 3. The normalized spacial score (nSPS) is 14.5. The second-order valence-electron chi connectivity index (χ2n) is 10.8. The molecule has 3 aromatic rings. The van der Waals surface area contributed by atoms with Crippen LogP contribution in [0, 0.1) is 0 Å². The number of ether oxygens (including phenoxy) is 1. The van der Waals surface area contributed by atoms with E-state index in [9.17, 15) is 18.0 Å². The molecule has 0 bridgehead atoms. The molecule has 0 heterocycles. The van der Waals surface area contributed by atoms with Gasteiger partial charge in [0.15, 0.2) is 0 Å². The summed E-state index contributed by atoms with van der Waals surface area (Å²) < 4.78 is 32.5. The number of amides is 2. The van der Waals surface area contributed by atoms with E-state index in [1.54, 1.807) is 30.3 Å². The van der Waals surface area contributed by atoms with E-state index < -0.39 is 28.5 Å². The molecule has 0 aliphatic heterocycles. The maximum Gasteiger partial charge on any atom is 0.244 e. The highest BCUT2D eigenvalue weighted by molar-refractivity contribution is 7.92. The van der Waals surface area contributed by atoms with Crippen LogP contribution >= 0.6 is 23.2 Å². The first-order valence-electron chi connectivity index (χ1n) is 14.2. The van der Waals surface area contributed by atoms with Crippen molar-refractivity contribution < 1.29 is 22.7 Å². The van der Waals surface area contributed by atoms with Crippen LogP contribution < -0.4 is 14.4 Å². The second kappa shape index (κ2) is 14.9. The Bertz CT molecular complexity index is 1510. The van der Waals surface area contributed by atoms with Gasteiger partial charge in [-0.2, -0.15) is 0 Å². The Labute approximate surface area is 264 Å². The minimum atomic E-state index is -3.98. The van der Waals surface area contributed by atoms with E-state index in [2.05, 4.69) is 5.32 Å². The van der Waals surface area contributed by atoms with Crippen LogP contribution in [0.15, 0.2) is 72.8 Å². The number of anilines is 1. The average Bonchev–Trinajstić information content (AvgIpc) is 2.98. The van der Waals surface area contributed by atoms with Crippen LogP contribution in [0.4, 0.5) is 5.69 Å². The molecule has 11 heteroatoms. The van der Waals surface area contributed by atoms with Crippen molar-refractivity contribution in [1.82, 2.24) is 10.2 Å². The van der Waals surface area contributed by atoms with Crippen molar-refractivity contribution in [3.05, 3.63) is 94.0 Å². The second-order valence-corrected chi connectivity index (χ2v) is 13.6. The Kier molecular flexibility index (Phi) is 11.3. The molecule has 2 amide bonds. The molecule has 3 aromatic carbocycles. The van der Waals surface area contributed by atoms with Crippen LogP contribution in [0.1, 0.15) is 43.2 Å².